The number of nitrogens with zero attached hydrogens (tertiary/aromatic N) is 1. The molecule has 0 aliphatic carbocycles. The molecule has 2 heterocycles. The van der Waals surface area contributed by atoms with Crippen LogP contribution in [0.5, 0.6) is 0 Å². The number of hydrogen-bond donors (Lipinski definition) is 0. The second-order valence-electron chi connectivity index (χ2n) is 2.98. The van der Waals surface area contributed by atoms with Gasteiger partial charge >= 0.3 is 11.3 Å². The van der Waals surface area contributed by atoms with Crippen molar-refractivity contribution in [1.29, 1.82) is 0 Å². The monoisotopic (exact) mass is 227 g/mol. The van der Waals surface area contributed by atoms with E-state index in [1.165, 1.54) is 11.3 Å². The molecule has 0 fully saturated rings. The van der Waals surface area contributed by atoms with E-state index in [0.29, 0.717) is 6.42 Å². The van der Waals surface area contributed by atoms with Crippen LogP contribution in [0.25, 0.3) is 0 Å². The Balaban J connectivity index is 2.44. The summed E-state index contributed by atoms with van der Waals surface area (Å²) in [6, 6.07) is 3.57. The van der Waals surface area contributed by atoms with Gasteiger partial charge in [-0.05, 0) is 17.9 Å². The first-order valence-electron chi connectivity index (χ1n) is 4.49. The van der Waals surface area contributed by atoms with Crippen molar-refractivity contribution in [3.8, 4) is 0 Å². The summed E-state index contributed by atoms with van der Waals surface area (Å²) in [5.41, 5.74) is -1.94. The van der Waals surface area contributed by atoms with Crippen LogP contribution < -0.4 is 11.3 Å². The van der Waals surface area contributed by atoms with Gasteiger partial charge in [0.25, 0.3) is 0 Å². The SMILES string of the molecule is CCC(c1cccs1)n1oc(=O)c(=O)o1. The van der Waals surface area contributed by atoms with Crippen LogP contribution in [0.4, 0.5) is 0 Å². The first kappa shape index (κ1) is 9.97. The molecule has 2 aromatic heterocycles. The summed E-state index contributed by atoms with van der Waals surface area (Å²) in [5, 5.41) is 1.91. The molecule has 0 bridgehead atoms. The highest BCUT2D eigenvalue weighted by Crippen LogP contribution is 2.24. The molecule has 6 heteroatoms. The first-order valence-corrected chi connectivity index (χ1v) is 5.37. The van der Waals surface area contributed by atoms with Crippen LogP contribution in [-0.4, -0.2) is 4.91 Å². The summed E-state index contributed by atoms with van der Waals surface area (Å²) >= 11 is 1.52. The van der Waals surface area contributed by atoms with Crippen molar-refractivity contribution in [2.45, 2.75) is 19.4 Å². The van der Waals surface area contributed by atoms with Crippen molar-refractivity contribution in [2.24, 2.45) is 0 Å². The molecule has 0 radical (unpaired) electrons. The Morgan fingerprint density at radius 2 is 2.07 bits per heavy atom. The van der Waals surface area contributed by atoms with Crippen molar-refractivity contribution in [3.05, 3.63) is 43.2 Å². The van der Waals surface area contributed by atoms with Gasteiger partial charge < -0.3 is 0 Å². The van der Waals surface area contributed by atoms with Gasteiger partial charge in [0.1, 0.15) is 6.04 Å². The average molecular weight is 227 g/mol. The molecule has 1 atom stereocenters. The Morgan fingerprint density at radius 3 is 2.53 bits per heavy atom. The van der Waals surface area contributed by atoms with Crippen molar-refractivity contribution in [1.82, 2.24) is 4.91 Å². The Morgan fingerprint density at radius 1 is 1.40 bits per heavy atom. The standard InChI is InChI=1S/C9H9NO4S/c1-2-6(7-4-3-5-15-7)10-13-8(11)9(12)14-10/h3-6H,2H2,1H3. The van der Waals surface area contributed by atoms with Crippen molar-refractivity contribution < 1.29 is 9.05 Å². The molecule has 2 aromatic rings. The summed E-state index contributed by atoms with van der Waals surface area (Å²) in [6.07, 6.45) is 0.682. The minimum absolute atomic E-state index is 0.222. The molecule has 80 valence electrons. The zero-order valence-corrected chi connectivity index (χ0v) is 8.82. The van der Waals surface area contributed by atoms with E-state index in [1.54, 1.807) is 0 Å². The van der Waals surface area contributed by atoms with Gasteiger partial charge in [-0.2, -0.15) is 0 Å². The van der Waals surface area contributed by atoms with E-state index in [4.69, 9.17) is 0 Å². The van der Waals surface area contributed by atoms with Crippen molar-refractivity contribution in [3.63, 3.8) is 0 Å². The molecular weight excluding hydrogens is 218 g/mol. The van der Waals surface area contributed by atoms with E-state index < -0.39 is 11.3 Å². The fourth-order valence-corrected chi connectivity index (χ4v) is 2.20. The maximum Gasteiger partial charge on any atom is 0.446 e. The van der Waals surface area contributed by atoms with Crippen molar-refractivity contribution in [2.75, 3.05) is 0 Å². The highest BCUT2D eigenvalue weighted by molar-refractivity contribution is 7.10. The molecule has 0 saturated heterocycles. The summed E-state index contributed by atoms with van der Waals surface area (Å²) in [5.74, 6) is 0. The van der Waals surface area contributed by atoms with Crippen LogP contribution in [0.1, 0.15) is 24.3 Å². The highest BCUT2D eigenvalue weighted by Gasteiger charge is 2.18. The number of rotatable bonds is 3. The Kier molecular flexibility index (Phi) is 2.59. The topological polar surface area (TPSA) is 65.3 Å². The van der Waals surface area contributed by atoms with Gasteiger partial charge in [0.15, 0.2) is 0 Å². The zero-order chi connectivity index (χ0) is 10.8. The smallest absolute Gasteiger partial charge is 0.298 e. The van der Waals surface area contributed by atoms with Crippen LogP contribution >= 0.6 is 11.3 Å². The average Bonchev–Trinajstić information content (AvgIpc) is 2.80. The predicted molar refractivity (Wildman–Crippen MR) is 54.3 cm³/mol. The molecule has 5 nitrogen and oxygen atoms in total. The maximum absolute atomic E-state index is 10.8. The molecule has 0 amide bonds. The lowest BCUT2D eigenvalue weighted by Crippen LogP contribution is -2.14. The van der Waals surface area contributed by atoms with Crippen molar-refractivity contribution >= 4 is 11.3 Å². The summed E-state index contributed by atoms with van der Waals surface area (Å²) < 4.78 is 9.36. The first-order chi connectivity index (χ1) is 7.22. The third kappa shape index (κ3) is 1.80. The minimum Gasteiger partial charge on any atom is -0.298 e. The lowest BCUT2D eigenvalue weighted by atomic mass is 10.2. The van der Waals surface area contributed by atoms with Crippen LogP contribution in [0.2, 0.25) is 0 Å². The van der Waals surface area contributed by atoms with Gasteiger partial charge in [0, 0.05) is 4.88 Å². The molecule has 0 N–H and O–H groups in total. The summed E-state index contributed by atoms with van der Waals surface area (Å²) in [4.78, 5) is 23.6. The molecule has 15 heavy (non-hydrogen) atoms. The number of hydrogen-bond acceptors (Lipinski definition) is 5. The highest BCUT2D eigenvalue weighted by atomic mass is 32.1. The largest absolute Gasteiger partial charge is 0.446 e. The molecule has 0 aliphatic heterocycles. The number of thiophene rings is 1. The fourth-order valence-electron chi connectivity index (χ4n) is 1.32. The lowest BCUT2D eigenvalue weighted by Gasteiger charge is -2.08. The third-order valence-electron chi connectivity index (χ3n) is 2.03. The molecule has 2 rings (SSSR count). The third-order valence-corrected chi connectivity index (χ3v) is 3.00. The Hall–Kier alpha value is -1.56. The van der Waals surface area contributed by atoms with E-state index in [0.717, 1.165) is 9.79 Å². The quantitative estimate of drug-likeness (QED) is 0.744. The van der Waals surface area contributed by atoms with E-state index in [1.807, 2.05) is 24.4 Å². The molecule has 0 spiro atoms. The predicted octanol–water partition coefficient (Wildman–Crippen LogP) is 1.46. The van der Waals surface area contributed by atoms with E-state index in [9.17, 15) is 9.59 Å². The van der Waals surface area contributed by atoms with Crippen LogP contribution in [0.15, 0.2) is 36.1 Å². The Labute approximate surface area is 88.5 Å². The van der Waals surface area contributed by atoms with Gasteiger partial charge in [-0.3, -0.25) is 9.05 Å². The zero-order valence-electron chi connectivity index (χ0n) is 8.00. The van der Waals surface area contributed by atoms with E-state index in [-0.39, 0.29) is 6.04 Å². The number of aromatic nitrogens is 1. The summed E-state index contributed by atoms with van der Waals surface area (Å²) in [7, 11) is 0. The molecular formula is C9H9NO4S. The van der Waals surface area contributed by atoms with Gasteiger partial charge in [0.2, 0.25) is 0 Å². The van der Waals surface area contributed by atoms with Crippen LogP contribution in [0, 0.1) is 0 Å². The fraction of sp³-hybridized carbons (Fsp3) is 0.333. The summed E-state index contributed by atoms with van der Waals surface area (Å²) in [6.45, 7) is 1.92. The lowest BCUT2D eigenvalue weighted by molar-refractivity contribution is 0.0531. The second-order valence-corrected chi connectivity index (χ2v) is 3.96. The molecule has 0 aromatic carbocycles. The van der Waals surface area contributed by atoms with Crippen LogP contribution in [0.3, 0.4) is 0 Å². The van der Waals surface area contributed by atoms with Gasteiger partial charge in [0.05, 0.1) is 0 Å². The molecule has 1 unspecified atom stereocenters. The molecule has 0 aliphatic rings. The van der Waals surface area contributed by atoms with Crippen LogP contribution in [-0.2, 0) is 0 Å². The maximum atomic E-state index is 10.8. The van der Waals surface area contributed by atoms with Gasteiger partial charge in [-0.1, -0.05) is 17.9 Å². The minimum atomic E-state index is -0.968. The normalized spacial score (nSPS) is 12.9. The molecule has 0 saturated carbocycles. The Bertz CT molecular complexity index is 505. The van der Waals surface area contributed by atoms with E-state index in [2.05, 4.69) is 9.05 Å². The van der Waals surface area contributed by atoms with E-state index >= 15 is 0 Å². The van der Waals surface area contributed by atoms with Gasteiger partial charge in [-0.15, -0.1) is 11.3 Å². The van der Waals surface area contributed by atoms with Gasteiger partial charge in [-0.25, -0.2) is 9.59 Å². The second kappa shape index (κ2) is 3.90.